The molecule has 0 bridgehead atoms. The van der Waals surface area contributed by atoms with Gasteiger partial charge in [-0.15, -0.1) is 0 Å². The molecule has 19 heavy (non-hydrogen) atoms. The predicted octanol–water partition coefficient (Wildman–Crippen LogP) is 3.24. The summed E-state index contributed by atoms with van der Waals surface area (Å²) in [6, 6.07) is 8.62. The molecule has 3 heteroatoms. The summed E-state index contributed by atoms with van der Waals surface area (Å²) in [7, 11) is 0. The topological polar surface area (TPSA) is 30.5 Å². The van der Waals surface area contributed by atoms with Crippen LogP contribution in [-0.4, -0.2) is 25.3 Å². The largest absolute Gasteiger partial charge is 0.494 e. The molecule has 0 saturated heterocycles. The first kappa shape index (κ1) is 14.2. The van der Waals surface area contributed by atoms with Gasteiger partial charge in [-0.2, -0.15) is 0 Å². The van der Waals surface area contributed by atoms with E-state index in [-0.39, 0.29) is 6.10 Å². The molecule has 3 nitrogen and oxygen atoms in total. The highest BCUT2D eigenvalue weighted by Crippen LogP contribution is 2.23. The first-order chi connectivity index (χ1) is 9.19. The molecular formula is C16H25NO2. The molecule has 106 valence electrons. The van der Waals surface area contributed by atoms with Crippen LogP contribution in [-0.2, 0) is 0 Å². The summed E-state index contributed by atoms with van der Waals surface area (Å²) in [6.45, 7) is 7.99. The quantitative estimate of drug-likeness (QED) is 0.781. The Morgan fingerprint density at radius 2 is 2.00 bits per heavy atom. The van der Waals surface area contributed by atoms with Crippen LogP contribution in [0.3, 0.4) is 0 Å². The number of rotatable bonds is 8. The lowest BCUT2D eigenvalue weighted by molar-refractivity contribution is 0.148. The molecule has 1 aliphatic carbocycles. The van der Waals surface area contributed by atoms with Gasteiger partial charge in [0, 0.05) is 18.7 Å². The zero-order valence-electron chi connectivity index (χ0n) is 12.2. The van der Waals surface area contributed by atoms with Crippen LogP contribution in [0.5, 0.6) is 11.5 Å². The third-order valence-corrected chi connectivity index (χ3v) is 3.33. The van der Waals surface area contributed by atoms with Gasteiger partial charge >= 0.3 is 0 Å². The molecule has 2 rings (SSSR count). The Balaban J connectivity index is 1.92. The minimum atomic E-state index is 0.206. The summed E-state index contributed by atoms with van der Waals surface area (Å²) in [4.78, 5) is 0. The SMILES string of the molecule is CCOc1cccc(OC(CNC2CC2)C(C)C)c1. The van der Waals surface area contributed by atoms with E-state index in [9.17, 15) is 0 Å². The average Bonchev–Trinajstić information content (AvgIpc) is 3.19. The van der Waals surface area contributed by atoms with Crippen molar-refractivity contribution in [3.05, 3.63) is 24.3 Å². The number of hydrogen-bond donors (Lipinski definition) is 1. The van der Waals surface area contributed by atoms with E-state index in [4.69, 9.17) is 9.47 Å². The van der Waals surface area contributed by atoms with Crippen molar-refractivity contribution in [2.24, 2.45) is 5.92 Å². The standard InChI is InChI=1S/C16H25NO2/c1-4-18-14-6-5-7-15(10-14)19-16(12(2)3)11-17-13-8-9-13/h5-7,10,12-13,16-17H,4,8-9,11H2,1-3H3. The van der Waals surface area contributed by atoms with Crippen LogP contribution >= 0.6 is 0 Å². The summed E-state index contributed by atoms with van der Waals surface area (Å²) < 4.78 is 11.6. The van der Waals surface area contributed by atoms with Crippen molar-refractivity contribution >= 4 is 0 Å². The zero-order valence-corrected chi connectivity index (χ0v) is 12.2. The average molecular weight is 263 g/mol. The summed E-state index contributed by atoms with van der Waals surface area (Å²) in [5.74, 6) is 2.25. The van der Waals surface area contributed by atoms with E-state index in [1.54, 1.807) is 0 Å². The fourth-order valence-corrected chi connectivity index (χ4v) is 1.96. The lowest BCUT2D eigenvalue weighted by Crippen LogP contribution is -2.36. The van der Waals surface area contributed by atoms with Gasteiger partial charge in [0.2, 0.25) is 0 Å². The molecule has 1 aromatic carbocycles. The lowest BCUT2D eigenvalue weighted by atomic mass is 10.1. The molecule has 1 unspecified atom stereocenters. The second-order valence-corrected chi connectivity index (χ2v) is 5.49. The summed E-state index contributed by atoms with van der Waals surface area (Å²) in [5.41, 5.74) is 0. The third-order valence-electron chi connectivity index (χ3n) is 3.33. The summed E-state index contributed by atoms with van der Waals surface area (Å²) in [6.07, 6.45) is 2.83. The maximum atomic E-state index is 6.10. The van der Waals surface area contributed by atoms with Crippen molar-refractivity contribution in [3.8, 4) is 11.5 Å². The van der Waals surface area contributed by atoms with Gasteiger partial charge in [-0.25, -0.2) is 0 Å². The maximum Gasteiger partial charge on any atom is 0.123 e. The van der Waals surface area contributed by atoms with E-state index in [0.29, 0.717) is 12.5 Å². The van der Waals surface area contributed by atoms with Gasteiger partial charge < -0.3 is 14.8 Å². The van der Waals surface area contributed by atoms with Gasteiger partial charge in [0.05, 0.1) is 6.61 Å². The zero-order chi connectivity index (χ0) is 13.7. The molecule has 1 aliphatic rings. The number of hydrogen-bond acceptors (Lipinski definition) is 3. The van der Waals surface area contributed by atoms with E-state index in [1.165, 1.54) is 12.8 Å². The van der Waals surface area contributed by atoms with E-state index in [1.807, 2.05) is 31.2 Å². The fraction of sp³-hybridized carbons (Fsp3) is 0.625. The molecule has 1 atom stereocenters. The van der Waals surface area contributed by atoms with Gasteiger partial charge in [0.1, 0.15) is 17.6 Å². The van der Waals surface area contributed by atoms with Crippen LogP contribution in [0.1, 0.15) is 33.6 Å². The Morgan fingerprint density at radius 1 is 1.26 bits per heavy atom. The molecule has 0 radical (unpaired) electrons. The van der Waals surface area contributed by atoms with Crippen LogP contribution in [0.2, 0.25) is 0 Å². The van der Waals surface area contributed by atoms with Crippen molar-refractivity contribution in [2.75, 3.05) is 13.2 Å². The summed E-state index contributed by atoms with van der Waals surface area (Å²) >= 11 is 0. The third kappa shape index (κ3) is 4.75. The van der Waals surface area contributed by atoms with Crippen LogP contribution in [0, 0.1) is 5.92 Å². The molecule has 0 spiro atoms. The molecule has 1 aromatic rings. The lowest BCUT2D eigenvalue weighted by Gasteiger charge is -2.23. The van der Waals surface area contributed by atoms with Crippen molar-refractivity contribution in [2.45, 2.75) is 45.8 Å². The van der Waals surface area contributed by atoms with Crippen LogP contribution in [0.25, 0.3) is 0 Å². The van der Waals surface area contributed by atoms with E-state index < -0.39 is 0 Å². The van der Waals surface area contributed by atoms with Crippen LogP contribution < -0.4 is 14.8 Å². The number of benzene rings is 1. The van der Waals surface area contributed by atoms with Crippen LogP contribution in [0.4, 0.5) is 0 Å². The monoisotopic (exact) mass is 263 g/mol. The fourth-order valence-electron chi connectivity index (χ4n) is 1.96. The molecule has 0 amide bonds. The maximum absolute atomic E-state index is 6.10. The first-order valence-corrected chi connectivity index (χ1v) is 7.32. The summed E-state index contributed by atoms with van der Waals surface area (Å²) in [5, 5.41) is 3.54. The van der Waals surface area contributed by atoms with Crippen LogP contribution in [0.15, 0.2) is 24.3 Å². The Kier molecular flexibility index (Phi) is 5.08. The second-order valence-electron chi connectivity index (χ2n) is 5.49. The van der Waals surface area contributed by atoms with Gasteiger partial charge in [0.15, 0.2) is 0 Å². The highest BCUT2D eigenvalue weighted by molar-refractivity contribution is 5.33. The Morgan fingerprint density at radius 3 is 2.63 bits per heavy atom. The Bertz CT molecular complexity index is 388. The van der Waals surface area contributed by atoms with Crippen molar-refractivity contribution in [1.82, 2.24) is 5.32 Å². The Hall–Kier alpha value is -1.22. The molecule has 1 fully saturated rings. The minimum absolute atomic E-state index is 0.206. The van der Waals surface area contributed by atoms with Gasteiger partial charge in [0.25, 0.3) is 0 Å². The highest BCUT2D eigenvalue weighted by atomic mass is 16.5. The first-order valence-electron chi connectivity index (χ1n) is 7.32. The number of ether oxygens (including phenoxy) is 2. The van der Waals surface area contributed by atoms with Gasteiger partial charge in [-0.1, -0.05) is 19.9 Å². The molecule has 0 aliphatic heterocycles. The normalized spacial score (nSPS) is 16.4. The molecular weight excluding hydrogens is 238 g/mol. The van der Waals surface area contributed by atoms with Crippen molar-refractivity contribution < 1.29 is 9.47 Å². The number of nitrogens with one attached hydrogen (secondary N) is 1. The van der Waals surface area contributed by atoms with Gasteiger partial charge in [-0.05, 0) is 37.8 Å². The van der Waals surface area contributed by atoms with E-state index in [2.05, 4.69) is 19.2 Å². The van der Waals surface area contributed by atoms with Gasteiger partial charge in [-0.3, -0.25) is 0 Å². The van der Waals surface area contributed by atoms with E-state index in [0.717, 1.165) is 24.1 Å². The highest BCUT2D eigenvalue weighted by Gasteiger charge is 2.23. The van der Waals surface area contributed by atoms with Crippen molar-refractivity contribution in [1.29, 1.82) is 0 Å². The smallest absolute Gasteiger partial charge is 0.123 e. The molecule has 0 heterocycles. The minimum Gasteiger partial charge on any atom is -0.494 e. The Labute approximate surface area is 116 Å². The molecule has 1 N–H and O–H groups in total. The second kappa shape index (κ2) is 6.80. The predicted molar refractivity (Wildman–Crippen MR) is 77.9 cm³/mol. The van der Waals surface area contributed by atoms with Crippen molar-refractivity contribution in [3.63, 3.8) is 0 Å². The van der Waals surface area contributed by atoms with E-state index >= 15 is 0 Å². The molecule has 1 saturated carbocycles. The molecule has 0 aromatic heterocycles.